The van der Waals surface area contributed by atoms with E-state index in [1.807, 2.05) is 13.0 Å². The van der Waals surface area contributed by atoms with Crippen LogP contribution in [0.25, 0.3) is 0 Å². The molecule has 1 aromatic heterocycles. The van der Waals surface area contributed by atoms with Gasteiger partial charge in [0.2, 0.25) is 0 Å². The van der Waals surface area contributed by atoms with E-state index in [2.05, 4.69) is 32.3 Å². The summed E-state index contributed by atoms with van der Waals surface area (Å²) in [5.74, 6) is 0.856. The minimum atomic E-state index is 0.159. The van der Waals surface area contributed by atoms with Crippen LogP contribution in [0, 0.1) is 18.8 Å². The minimum Gasteiger partial charge on any atom is -0.361 e. The van der Waals surface area contributed by atoms with Crippen molar-refractivity contribution >= 4 is 0 Å². The molecular weight excluding hydrogens is 138 g/mol. The molecule has 0 aliphatic carbocycles. The molecule has 1 rings (SSSR count). The zero-order valence-corrected chi connectivity index (χ0v) is 7.51. The van der Waals surface area contributed by atoms with Crippen molar-refractivity contribution in [1.29, 1.82) is 0 Å². The summed E-state index contributed by atoms with van der Waals surface area (Å²) in [4.78, 5) is 0. The Morgan fingerprint density at radius 3 is 2.45 bits per heavy atom. The molecule has 0 aliphatic heterocycles. The van der Waals surface area contributed by atoms with Crippen LogP contribution in [0.5, 0.6) is 0 Å². The highest BCUT2D eigenvalue weighted by atomic mass is 16.5. The van der Waals surface area contributed by atoms with Gasteiger partial charge >= 0.3 is 0 Å². The molecular formula is C9H14NO. The summed E-state index contributed by atoms with van der Waals surface area (Å²) in [6.45, 7) is 8.31. The molecule has 0 amide bonds. The Labute approximate surface area is 67.6 Å². The lowest BCUT2D eigenvalue weighted by molar-refractivity contribution is 0.372. The van der Waals surface area contributed by atoms with Crippen LogP contribution in [-0.4, -0.2) is 5.16 Å². The summed E-state index contributed by atoms with van der Waals surface area (Å²) in [7, 11) is 0. The summed E-state index contributed by atoms with van der Waals surface area (Å²) in [5.41, 5.74) is 1.09. The Balaban J connectivity index is 2.65. The third-order valence-corrected chi connectivity index (χ3v) is 1.22. The molecule has 2 heteroatoms. The first-order valence-electron chi connectivity index (χ1n) is 3.77. The normalized spacial score (nSPS) is 12.0. The van der Waals surface area contributed by atoms with E-state index in [0.29, 0.717) is 0 Å². The van der Waals surface area contributed by atoms with Gasteiger partial charge in [-0.15, -0.1) is 0 Å². The first kappa shape index (κ1) is 8.31. The highest BCUT2D eigenvalue weighted by Crippen LogP contribution is 2.22. The van der Waals surface area contributed by atoms with Gasteiger partial charge in [0.25, 0.3) is 0 Å². The summed E-state index contributed by atoms with van der Waals surface area (Å²) in [5, 5.41) is 3.79. The fourth-order valence-corrected chi connectivity index (χ4v) is 0.878. The van der Waals surface area contributed by atoms with Gasteiger partial charge in [0.05, 0.1) is 5.69 Å². The lowest BCUT2D eigenvalue weighted by Gasteiger charge is -2.14. The zero-order valence-electron chi connectivity index (χ0n) is 7.51. The highest BCUT2D eigenvalue weighted by Gasteiger charge is 2.14. The maximum Gasteiger partial charge on any atom is 0.141 e. The summed E-state index contributed by atoms with van der Waals surface area (Å²) < 4.78 is 5.03. The third-order valence-electron chi connectivity index (χ3n) is 1.22. The van der Waals surface area contributed by atoms with Crippen LogP contribution in [-0.2, 0) is 0 Å². The fraction of sp³-hybridized carbons (Fsp3) is 0.556. The molecule has 0 aliphatic rings. The van der Waals surface area contributed by atoms with Crippen molar-refractivity contribution in [2.24, 2.45) is 5.41 Å². The van der Waals surface area contributed by atoms with Gasteiger partial charge in [-0.05, 0) is 12.3 Å². The molecule has 0 spiro atoms. The largest absolute Gasteiger partial charge is 0.361 e. The van der Waals surface area contributed by atoms with E-state index in [0.717, 1.165) is 11.5 Å². The number of hydrogen-bond donors (Lipinski definition) is 0. The minimum absolute atomic E-state index is 0.159. The monoisotopic (exact) mass is 152 g/mol. The Hall–Kier alpha value is -0.790. The maximum absolute atomic E-state index is 5.03. The summed E-state index contributed by atoms with van der Waals surface area (Å²) in [6.07, 6.45) is 2.06. The Morgan fingerprint density at radius 2 is 2.09 bits per heavy atom. The van der Waals surface area contributed by atoms with E-state index in [-0.39, 0.29) is 5.41 Å². The Bertz CT molecular complexity index is 232. The van der Waals surface area contributed by atoms with Crippen LogP contribution >= 0.6 is 0 Å². The van der Waals surface area contributed by atoms with Gasteiger partial charge in [0.1, 0.15) is 5.76 Å². The average Bonchev–Trinajstić information content (AvgIpc) is 2.10. The van der Waals surface area contributed by atoms with Crippen molar-refractivity contribution in [3.8, 4) is 0 Å². The van der Waals surface area contributed by atoms with Crippen molar-refractivity contribution in [2.75, 3.05) is 0 Å². The van der Waals surface area contributed by atoms with Crippen LogP contribution in [0.1, 0.15) is 32.2 Å². The predicted molar refractivity (Wildman–Crippen MR) is 44.1 cm³/mol. The van der Waals surface area contributed by atoms with Gasteiger partial charge in [-0.1, -0.05) is 25.9 Å². The van der Waals surface area contributed by atoms with Crippen LogP contribution in [0.2, 0.25) is 0 Å². The topological polar surface area (TPSA) is 26.0 Å². The molecule has 2 nitrogen and oxygen atoms in total. The average molecular weight is 152 g/mol. The van der Waals surface area contributed by atoms with E-state index in [9.17, 15) is 0 Å². The predicted octanol–water partition coefficient (Wildman–Crippen LogP) is 2.58. The van der Waals surface area contributed by atoms with Crippen molar-refractivity contribution in [3.63, 3.8) is 0 Å². The molecule has 0 fully saturated rings. The van der Waals surface area contributed by atoms with Gasteiger partial charge in [0.15, 0.2) is 0 Å². The molecule has 0 saturated carbocycles. The van der Waals surface area contributed by atoms with Crippen molar-refractivity contribution in [1.82, 2.24) is 5.16 Å². The number of aromatic nitrogens is 1. The molecule has 0 aromatic carbocycles. The van der Waals surface area contributed by atoms with E-state index in [4.69, 9.17) is 4.52 Å². The smallest absolute Gasteiger partial charge is 0.141 e. The number of nitrogens with zero attached hydrogens (tertiary/aromatic N) is 1. The second-order valence-electron chi connectivity index (χ2n) is 3.88. The molecule has 1 radical (unpaired) electrons. The van der Waals surface area contributed by atoms with Crippen molar-refractivity contribution < 1.29 is 4.52 Å². The first-order valence-corrected chi connectivity index (χ1v) is 3.77. The highest BCUT2D eigenvalue weighted by molar-refractivity contribution is 5.14. The van der Waals surface area contributed by atoms with E-state index in [1.165, 1.54) is 0 Å². The number of rotatable bonds is 1. The molecule has 0 N–H and O–H groups in total. The van der Waals surface area contributed by atoms with Gasteiger partial charge in [-0.25, -0.2) is 0 Å². The second-order valence-corrected chi connectivity index (χ2v) is 3.88. The van der Waals surface area contributed by atoms with Crippen LogP contribution in [0.15, 0.2) is 10.6 Å². The SMILES string of the molecule is Cc1cc([CH]C(C)(C)C)on1. The molecule has 0 atom stereocenters. The molecule has 0 bridgehead atoms. The molecule has 0 saturated heterocycles. The molecule has 0 unspecified atom stereocenters. The lowest BCUT2D eigenvalue weighted by atomic mass is 9.91. The van der Waals surface area contributed by atoms with Crippen LogP contribution < -0.4 is 0 Å². The third kappa shape index (κ3) is 2.74. The standard InChI is InChI=1S/C9H14NO/c1-7-5-8(11-10-7)6-9(2,3)4/h5-6H,1-4H3. The van der Waals surface area contributed by atoms with Crippen molar-refractivity contribution in [3.05, 3.63) is 23.9 Å². The van der Waals surface area contributed by atoms with Gasteiger partial charge in [-0.2, -0.15) is 0 Å². The van der Waals surface area contributed by atoms with E-state index in [1.54, 1.807) is 0 Å². The second kappa shape index (κ2) is 2.68. The molecule has 11 heavy (non-hydrogen) atoms. The van der Waals surface area contributed by atoms with E-state index >= 15 is 0 Å². The van der Waals surface area contributed by atoms with Crippen LogP contribution in [0.3, 0.4) is 0 Å². The molecule has 1 heterocycles. The quantitative estimate of drug-likeness (QED) is 0.618. The van der Waals surface area contributed by atoms with Gasteiger partial charge in [-0.3, -0.25) is 0 Å². The maximum atomic E-state index is 5.03. The fourth-order valence-electron chi connectivity index (χ4n) is 0.878. The Kier molecular flexibility index (Phi) is 2.03. The van der Waals surface area contributed by atoms with Gasteiger partial charge in [0, 0.05) is 12.5 Å². The first-order chi connectivity index (χ1) is 4.97. The van der Waals surface area contributed by atoms with Crippen LogP contribution in [0.4, 0.5) is 0 Å². The molecule has 1 aromatic rings. The lowest BCUT2D eigenvalue weighted by Crippen LogP contribution is -2.05. The number of aryl methyl sites for hydroxylation is 1. The van der Waals surface area contributed by atoms with Crippen molar-refractivity contribution in [2.45, 2.75) is 27.7 Å². The molecule has 61 valence electrons. The summed E-state index contributed by atoms with van der Waals surface area (Å²) in [6, 6.07) is 1.94. The van der Waals surface area contributed by atoms with Gasteiger partial charge < -0.3 is 4.52 Å². The zero-order chi connectivity index (χ0) is 8.48. The Morgan fingerprint density at radius 1 is 1.45 bits per heavy atom. The number of hydrogen-bond acceptors (Lipinski definition) is 2. The van der Waals surface area contributed by atoms with E-state index < -0.39 is 0 Å². The summed E-state index contributed by atoms with van der Waals surface area (Å²) >= 11 is 0.